The molecule has 1 rings (SSSR count). The minimum absolute atomic E-state index is 0.135. The van der Waals surface area contributed by atoms with Crippen LogP contribution in [0.1, 0.15) is 13.8 Å². The molecule has 0 radical (unpaired) electrons. The van der Waals surface area contributed by atoms with Crippen LogP contribution in [0.3, 0.4) is 0 Å². The van der Waals surface area contributed by atoms with Crippen molar-refractivity contribution in [2.75, 3.05) is 6.61 Å². The number of halogens is 2. The van der Waals surface area contributed by atoms with Crippen molar-refractivity contribution in [3.63, 3.8) is 0 Å². The molecule has 1 aromatic rings. The third-order valence-corrected chi connectivity index (χ3v) is 3.55. The summed E-state index contributed by atoms with van der Waals surface area (Å²) >= 11 is 11.2. The number of carbonyl (C=O) groups excluding carboxylic acids is 1. The van der Waals surface area contributed by atoms with Crippen LogP contribution in [0.5, 0.6) is 5.75 Å². The average Bonchev–Trinajstić information content (AvgIpc) is 2.31. The van der Waals surface area contributed by atoms with Crippen LogP contribution in [0.15, 0.2) is 24.3 Å². The lowest BCUT2D eigenvalue weighted by Gasteiger charge is -2.23. The number of hydrogen-bond donors (Lipinski definition) is 1. The molecule has 20 heavy (non-hydrogen) atoms. The fourth-order valence-corrected chi connectivity index (χ4v) is 2.53. The van der Waals surface area contributed by atoms with Gasteiger partial charge in [-0.3, -0.25) is 5.73 Å². The minimum Gasteiger partial charge on any atom is -0.405 e. The molecule has 0 aliphatic heterocycles. The Morgan fingerprint density at radius 3 is 2.45 bits per heavy atom. The van der Waals surface area contributed by atoms with Crippen molar-refractivity contribution in [3.8, 4) is 5.75 Å². The van der Waals surface area contributed by atoms with Crippen molar-refractivity contribution in [3.05, 3.63) is 29.3 Å². The van der Waals surface area contributed by atoms with Gasteiger partial charge in [0.2, 0.25) is 5.72 Å². The average molecular weight is 342 g/mol. The molecule has 2 N–H and O–H groups in total. The van der Waals surface area contributed by atoms with E-state index in [1.165, 1.54) is 31.2 Å². The summed E-state index contributed by atoms with van der Waals surface area (Å²) in [6, 6.07) is 5.86. The summed E-state index contributed by atoms with van der Waals surface area (Å²) in [6.07, 6.45) is 0. The highest BCUT2D eigenvalue weighted by Crippen LogP contribution is 2.54. The highest BCUT2D eigenvalue weighted by molar-refractivity contribution is 7.82. The van der Waals surface area contributed by atoms with Crippen LogP contribution in [0.25, 0.3) is 0 Å². The summed E-state index contributed by atoms with van der Waals surface area (Å²) in [5.74, 6) is -0.956. The summed E-state index contributed by atoms with van der Waals surface area (Å²) in [6.45, 7) is -1.11. The van der Waals surface area contributed by atoms with E-state index >= 15 is 0 Å². The molecule has 0 saturated carbocycles. The molecule has 0 amide bonds. The number of benzene rings is 1. The molecule has 0 spiro atoms. The Morgan fingerprint density at radius 2 is 1.95 bits per heavy atom. The molecule has 0 heterocycles. The van der Waals surface area contributed by atoms with Crippen LogP contribution in [-0.4, -0.2) is 18.3 Å². The third kappa shape index (κ3) is 5.31. The molecule has 112 valence electrons. The van der Waals surface area contributed by atoms with Gasteiger partial charge in [0.15, 0.2) is 0 Å². The molecule has 1 aromatic carbocycles. The second kappa shape index (κ2) is 6.78. The van der Waals surface area contributed by atoms with Gasteiger partial charge in [0.05, 0.1) is 0 Å². The fraction of sp³-hybridized carbons (Fsp3) is 0.364. The molecule has 0 aliphatic rings. The van der Waals surface area contributed by atoms with Crippen molar-refractivity contribution in [2.45, 2.75) is 19.6 Å². The number of ether oxygens (including phenoxy) is 1. The molecule has 0 aliphatic carbocycles. The van der Waals surface area contributed by atoms with Gasteiger partial charge in [-0.25, -0.2) is 9.36 Å². The molecular formula is C11H14Cl2NO5P. The van der Waals surface area contributed by atoms with Crippen molar-refractivity contribution < 1.29 is 23.1 Å². The van der Waals surface area contributed by atoms with Crippen LogP contribution in [0.4, 0.5) is 0 Å². The van der Waals surface area contributed by atoms with Crippen LogP contribution in [0, 0.1) is 0 Å². The van der Waals surface area contributed by atoms with Gasteiger partial charge < -0.3 is 13.8 Å². The lowest BCUT2D eigenvalue weighted by Crippen LogP contribution is -2.48. The van der Waals surface area contributed by atoms with E-state index in [1.54, 1.807) is 6.92 Å². The standard InChI is InChI=1S/C11H14Cl2NO5P/c1-3-17-11(2,14)10(15)19-20(13,16)18-9-6-4-8(12)5-7-9/h4-7H,3,14H2,1-2H3/t11-,20?/m1/s1. The number of rotatable bonds is 6. The number of hydrogen-bond acceptors (Lipinski definition) is 6. The smallest absolute Gasteiger partial charge is 0.405 e. The van der Waals surface area contributed by atoms with Gasteiger partial charge in [-0.15, -0.1) is 0 Å². The zero-order valence-corrected chi connectivity index (χ0v) is 13.2. The Kier molecular flexibility index (Phi) is 5.86. The van der Waals surface area contributed by atoms with E-state index in [1.807, 2.05) is 0 Å². The topological polar surface area (TPSA) is 87.9 Å². The molecule has 0 aromatic heterocycles. The van der Waals surface area contributed by atoms with Gasteiger partial charge in [0.25, 0.3) is 0 Å². The predicted molar refractivity (Wildman–Crippen MR) is 75.8 cm³/mol. The Morgan fingerprint density at radius 1 is 1.40 bits per heavy atom. The molecular weight excluding hydrogens is 328 g/mol. The van der Waals surface area contributed by atoms with E-state index in [0.717, 1.165) is 0 Å². The second-order valence-electron chi connectivity index (χ2n) is 3.89. The SMILES string of the molecule is CCO[C@@](C)(N)C(=O)OP(=O)(Cl)Oc1ccc(Cl)cc1. The first-order valence-corrected chi connectivity index (χ1v) is 8.40. The molecule has 9 heteroatoms. The largest absolute Gasteiger partial charge is 0.532 e. The summed E-state index contributed by atoms with van der Waals surface area (Å²) in [4.78, 5) is 11.7. The fourth-order valence-electron chi connectivity index (χ4n) is 1.19. The van der Waals surface area contributed by atoms with Crippen LogP contribution in [0.2, 0.25) is 5.02 Å². The first kappa shape index (κ1) is 17.3. The highest BCUT2D eigenvalue weighted by Gasteiger charge is 2.38. The third-order valence-electron chi connectivity index (χ3n) is 2.07. The van der Waals surface area contributed by atoms with Gasteiger partial charge in [0, 0.05) is 22.9 Å². The molecule has 6 nitrogen and oxygen atoms in total. The van der Waals surface area contributed by atoms with E-state index in [4.69, 9.17) is 37.8 Å². The van der Waals surface area contributed by atoms with Crippen molar-refractivity contribution in [1.82, 2.24) is 0 Å². The second-order valence-corrected chi connectivity index (χ2v) is 6.80. The van der Waals surface area contributed by atoms with E-state index in [9.17, 15) is 9.36 Å². The van der Waals surface area contributed by atoms with E-state index in [2.05, 4.69) is 4.52 Å². The van der Waals surface area contributed by atoms with E-state index in [-0.39, 0.29) is 12.4 Å². The van der Waals surface area contributed by atoms with Crippen molar-refractivity contribution in [1.29, 1.82) is 0 Å². The van der Waals surface area contributed by atoms with Crippen LogP contribution < -0.4 is 10.3 Å². The van der Waals surface area contributed by atoms with Gasteiger partial charge >= 0.3 is 12.9 Å². The first-order valence-electron chi connectivity index (χ1n) is 5.58. The van der Waals surface area contributed by atoms with Crippen LogP contribution >= 0.6 is 29.8 Å². The lowest BCUT2D eigenvalue weighted by atomic mass is 10.3. The molecule has 0 fully saturated rings. The number of carbonyl (C=O) groups is 1. The quantitative estimate of drug-likeness (QED) is 0.630. The van der Waals surface area contributed by atoms with E-state index < -0.39 is 18.6 Å². The zero-order valence-electron chi connectivity index (χ0n) is 10.8. The van der Waals surface area contributed by atoms with Gasteiger partial charge in [0.1, 0.15) is 5.75 Å². The lowest BCUT2D eigenvalue weighted by molar-refractivity contribution is -0.159. The molecule has 0 bridgehead atoms. The maximum Gasteiger partial charge on any atom is 0.532 e. The summed E-state index contributed by atoms with van der Waals surface area (Å²) < 4.78 is 26.3. The maximum atomic E-state index is 11.9. The predicted octanol–water partition coefficient (Wildman–Crippen LogP) is 3.32. The zero-order chi connectivity index (χ0) is 15.4. The number of nitrogens with two attached hydrogens (primary N) is 1. The molecule has 2 atom stereocenters. The van der Waals surface area contributed by atoms with Gasteiger partial charge in [-0.2, -0.15) is 0 Å². The molecule has 1 unspecified atom stereocenters. The van der Waals surface area contributed by atoms with Gasteiger partial charge in [-0.05, 0) is 38.1 Å². The normalized spacial score (nSPS) is 16.9. The van der Waals surface area contributed by atoms with E-state index in [0.29, 0.717) is 5.02 Å². The highest BCUT2D eigenvalue weighted by atomic mass is 35.7. The molecule has 0 saturated heterocycles. The van der Waals surface area contributed by atoms with Gasteiger partial charge in [-0.1, -0.05) is 11.6 Å². The summed E-state index contributed by atoms with van der Waals surface area (Å²) in [5, 5.41) is 0.463. The minimum atomic E-state index is -4.19. The maximum absolute atomic E-state index is 11.9. The summed E-state index contributed by atoms with van der Waals surface area (Å²) in [7, 11) is 0. The van der Waals surface area contributed by atoms with Crippen molar-refractivity contribution in [2.24, 2.45) is 5.73 Å². The Balaban J connectivity index is 2.72. The monoisotopic (exact) mass is 341 g/mol. The van der Waals surface area contributed by atoms with Crippen molar-refractivity contribution >= 4 is 35.8 Å². The Labute approximate surface area is 126 Å². The Bertz CT molecular complexity index is 520. The first-order chi connectivity index (χ1) is 9.16. The summed E-state index contributed by atoms with van der Waals surface area (Å²) in [5.41, 5.74) is 3.78. The van der Waals surface area contributed by atoms with Crippen LogP contribution in [-0.2, 0) is 18.6 Å². The Hall–Kier alpha value is -0.780.